The highest BCUT2D eigenvalue weighted by Gasteiger charge is 2.08. The minimum atomic E-state index is -0.00666. The van der Waals surface area contributed by atoms with Crippen molar-refractivity contribution < 1.29 is 4.79 Å². The number of hydrogen-bond donors (Lipinski definition) is 1. The molecule has 16 heavy (non-hydrogen) atoms. The molecule has 0 saturated carbocycles. The molecule has 3 nitrogen and oxygen atoms in total. The van der Waals surface area contributed by atoms with Gasteiger partial charge in [-0.15, -0.1) is 11.3 Å². The predicted octanol–water partition coefficient (Wildman–Crippen LogP) is 2.56. The molecule has 0 unspecified atom stereocenters. The zero-order chi connectivity index (χ0) is 11.4. The molecule has 0 aliphatic carbocycles. The van der Waals surface area contributed by atoms with Crippen molar-refractivity contribution in [1.29, 1.82) is 0 Å². The molecule has 2 aromatic heterocycles. The van der Waals surface area contributed by atoms with Crippen LogP contribution < -0.4 is 5.32 Å². The monoisotopic (exact) mass is 232 g/mol. The molecule has 4 heteroatoms. The van der Waals surface area contributed by atoms with Crippen molar-refractivity contribution in [2.24, 2.45) is 0 Å². The average molecular weight is 232 g/mol. The fraction of sp³-hybridized carbons (Fsp3) is 0.167. The molecular formula is C12H12N2OS. The number of amides is 1. The number of rotatable bonds is 3. The molecule has 1 N–H and O–H groups in total. The van der Waals surface area contributed by atoms with E-state index in [4.69, 9.17) is 0 Å². The van der Waals surface area contributed by atoms with Crippen LogP contribution in [0, 0.1) is 0 Å². The zero-order valence-corrected chi connectivity index (χ0v) is 9.75. The number of hydrogen-bond acceptors (Lipinski definition) is 3. The summed E-state index contributed by atoms with van der Waals surface area (Å²) in [5.41, 5.74) is 1.09. The van der Waals surface area contributed by atoms with Gasteiger partial charge in [-0.05, 0) is 36.8 Å². The second-order valence-electron chi connectivity index (χ2n) is 3.26. The molecule has 0 aliphatic heterocycles. The minimum absolute atomic E-state index is 0.00666. The van der Waals surface area contributed by atoms with Gasteiger partial charge in [0.25, 0.3) is 5.91 Å². The van der Waals surface area contributed by atoms with Gasteiger partial charge in [-0.2, -0.15) is 0 Å². The van der Waals surface area contributed by atoms with Crippen molar-refractivity contribution in [3.8, 4) is 10.4 Å². The van der Waals surface area contributed by atoms with Gasteiger partial charge >= 0.3 is 0 Å². The highest BCUT2D eigenvalue weighted by molar-refractivity contribution is 7.17. The van der Waals surface area contributed by atoms with E-state index in [-0.39, 0.29) is 5.91 Å². The Morgan fingerprint density at radius 2 is 2.06 bits per heavy atom. The molecule has 0 radical (unpaired) electrons. The Morgan fingerprint density at radius 3 is 2.75 bits per heavy atom. The van der Waals surface area contributed by atoms with E-state index in [2.05, 4.69) is 10.3 Å². The van der Waals surface area contributed by atoms with E-state index < -0.39 is 0 Å². The van der Waals surface area contributed by atoms with E-state index in [0.717, 1.165) is 15.3 Å². The molecule has 2 heterocycles. The van der Waals surface area contributed by atoms with Gasteiger partial charge in [-0.25, -0.2) is 0 Å². The maximum atomic E-state index is 11.6. The highest BCUT2D eigenvalue weighted by atomic mass is 32.1. The van der Waals surface area contributed by atoms with Gasteiger partial charge in [0.05, 0.1) is 4.88 Å². The molecular weight excluding hydrogens is 220 g/mol. The largest absolute Gasteiger partial charge is 0.352 e. The smallest absolute Gasteiger partial charge is 0.261 e. The Hall–Kier alpha value is -1.68. The van der Waals surface area contributed by atoms with Crippen LogP contribution >= 0.6 is 11.3 Å². The summed E-state index contributed by atoms with van der Waals surface area (Å²) >= 11 is 1.49. The highest BCUT2D eigenvalue weighted by Crippen LogP contribution is 2.27. The van der Waals surface area contributed by atoms with Crippen molar-refractivity contribution in [2.45, 2.75) is 6.92 Å². The summed E-state index contributed by atoms with van der Waals surface area (Å²) in [4.78, 5) is 17.4. The predicted molar refractivity (Wildman–Crippen MR) is 65.6 cm³/mol. The normalized spacial score (nSPS) is 10.1. The lowest BCUT2D eigenvalue weighted by Gasteiger charge is -1.97. The summed E-state index contributed by atoms with van der Waals surface area (Å²) in [7, 11) is 0. The van der Waals surface area contributed by atoms with Crippen LogP contribution in [0.25, 0.3) is 10.4 Å². The Kier molecular flexibility index (Phi) is 3.31. The quantitative estimate of drug-likeness (QED) is 0.883. The maximum absolute atomic E-state index is 11.6. The number of carbonyl (C=O) groups is 1. The van der Waals surface area contributed by atoms with E-state index in [0.29, 0.717) is 6.54 Å². The third kappa shape index (κ3) is 2.28. The van der Waals surface area contributed by atoms with Crippen LogP contribution in [0.4, 0.5) is 0 Å². The Bertz CT molecular complexity index is 479. The number of carbonyl (C=O) groups excluding carboxylic acids is 1. The Labute approximate surface area is 98.2 Å². The van der Waals surface area contributed by atoms with Crippen molar-refractivity contribution in [2.75, 3.05) is 6.54 Å². The molecule has 0 saturated heterocycles. The Balaban J connectivity index is 2.23. The van der Waals surface area contributed by atoms with E-state index in [1.54, 1.807) is 12.4 Å². The summed E-state index contributed by atoms with van der Waals surface area (Å²) in [5, 5.41) is 2.79. The van der Waals surface area contributed by atoms with Gasteiger partial charge in [0.1, 0.15) is 0 Å². The van der Waals surface area contributed by atoms with E-state index in [1.165, 1.54) is 11.3 Å². The molecule has 0 aliphatic rings. The number of nitrogens with zero attached hydrogens (tertiary/aromatic N) is 1. The SMILES string of the molecule is CCNC(=O)c1ccc(-c2ccncc2)s1. The third-order valence-corrected chi connectivity index (χ3v) is 3.27. The molecule has 0 fully saturated rings. The Morgan fingerprint density at radius 1 is 1.31 bits per heavy atom. The fourth-order valence-corrected chi connectivity index (χ4v) is 2.31. The minimum Gasteiger partial charge on any atom is -0.352 e. The zero-order valence-electron chi connectivity index (χ0n) is 8.93. The topological polar surface area (TPSA) is 42.0 Å². The molecule has 0 bridgehead atoms. The van der Waals surface area contributed by atoms with Crippen LogP contribution in [0.1, 0.15) is 16.6 Å². The molecule has 1 amide bonds. The van der Waals surface area contributed by atoms with Crippen molar-refractivity contribution in [3.05, 3.63) is 41.5 Å². The van der Waals surface area contributed by atoms with Crippen LogP contribution in [0.2, 0.25) is 0 Å². The van der Waals surface area contributed by atoms with Gasteiger partial charge in [-0.3, -0.25) is 9.78 Å². The summed E-state index contributed by atoms with van der Waals surface area (Å²) in [5.74, 6) is -0.00666. The number of aromatic nitrogens is 1. The molecule has 2 rings (SSSR count). The van der Waals surface area contributed by atoms with E-state index in [9.17, 15) is 4.79 Å². The molecule has 0 spiro atoms. The van der Waals surface area contributed by atoms with Crippen LogP contribution in [0.3, 0.4) is 0 Å². The summed E-state index contributed by atoms with van der Waals surface area (Å²) in [6, 6.07) is 7.69. The summed E-state index contributed by atoms with van der Waals surface area (Å²) in [6.45, 7) is 2.57. The first kappa shape index (κ1) is 10.8. The van der Waals surface area contributed by atoms with Crippen LogP contribution in [0.15, 0.2) is 36.7 Å². The first-order valence-electron chi connectivity index (χ1n) is 5.09. The van der Waals surface area contributed by atoms with Gasteiger partial charge in [0.2, 0.25) is 0 Å². The maximum Gasteiger partial charge on any atom is 0.261 e. The molecule has 0 aromatic carbocycles. The number of pyridine rings is 1. The number of thiophene rings is 1. The standard InChI is InChI=1S/C12H12N2OS/c1-2-14-12(15)11-4-3-10(16-11)9-5-7-13-8-6-9/h3-8H,2H2,1H3,(H,14,15). The first-order valence-corrected chi connectivity index (χ1v) is 5.91. The lowest BCUT2D eigenvalue weighted by molar-refractivity contribution is 0.0960. The van der Waals surface area contributed by atoms with Gasteiger partial charge < -0.3 is 5.32 Å². The lowest BCUT2D eigenvalue weighted by atomic mass is 10.2. The molecule has 82 valence electrons. The first-order chi connectivity index (χ1) is 7.81. The van der Waals surface area contributed by atoms with Crippen LogP contribution in [-0.4, -0.2) is 17.4 Å². The molecule has 2 aromatic rings. The summed E-state index contributed by atoms with van der Waals surface area (Å²) in [6.07, 6.45) is 3.50. The second kappa shape index (κ2) is 4.90. The van der Waals surface area contributed by atoms with Gasteiger partial charge in [0, 0.05) is 23.8 Å². The van der Waals surface area contributed by atoms with Crippen molar-refractivity contribution in [1.82, 2.24) is 10.3 Å². The van der Waals surface area contributed by atoms with Crippen LogP contribution in [-0.2, 0) is 0 Å². The fourth-order valence-electron chi connectivity index (χ4n) is 1.38. The van der Waals surface area contributed by atoms with Crippen molar-refractivity contribution >= 4 is 17.2 Å². The second-order valence-corrected chi connectivity index (χ2v) is 4.34. The lowest BCUT2D eigenvalue weighted by Crippen LogP contribution is -2.21. The summed E-state index contributed by atoms with van der Waals surface area (Å²) < 4.78 is 0. The van der Waals surface area contributed by atoms with Crippen LogP contribution in [0.5, 0.6) is 0 Å². The number of nitrogens with one attached hydrogen (secondary N) is 1. The van der Waals surface area contributed by atoms with Gasteiger partial charge in [0.15, 0.2) is 0 Å². The van der Waals surface area contributed by atoms with Gasteiger partial charge in [-0.1, -0.05) is 0 Å². The van der Waals surface area contributed by atoms with Crippen molar-refractivity contribution in [3.63, 3.8) is 0 Å². The van der Waals surface area contributed by atoms with E-state index >= 15 is 0 Å². The molecule has 0 atom stereocenters. The third-order valence-electron chi connectivity index (χ3n) is 2.13. The van der Waals surface area contributed by atoms with E-state index in [1.807, 2.05) is 31.2 Å². The average Bonchev–Trinajstić information content (AvgIpc) is 2.80.